The first-order valence-electron chi connectivity index (χ1n) is 10.0. The van der Waals surface area contributed by atoms with E-state index in [4.69, 9.17) is 10.1 Å². The first-order valence-corrected chi connectivity index (χ1v) is 10.0. The van der Waals surface area contributed by atoms with E-state index in [1.54, 1.807) is 18.2 Å². The van der Waals surface area contributed by atoms with Crippen LogP contribution in [0.2, 0.25) is 0 Å². The maximum atomic E-state index is 10.9. The fourth-order valence-electron chi connectivity index (χ4n) is 5.03. The van der Waals surface area contributed by atoms with E-state index in [9.17, 15) is 20.9 Å². The molecule has 0 aliphatic heterocycles. The Labute approximate surface area is 177 Å². The highest BCUT2D eigenvalue weighted by Crippen LogP contribution is 2.59. The predicted octanol–water partition coefficient (Wildman–Crippen LogP) is 4.69. The van der Waals surface area contributed by atoms with Crippen molar-refractivity contribution in [2.45, 2.75) is 39.5 Å². The molecule has 6 nitrogen and oxygen atoms in total. The number of methoxy groups -OCH3 is 1. The number of fused-ring (bicyclic) bond motifs is 1. The summed E-state index contributed by atoms with van der Waals surface area (Å²) in [6.45, 7) is 6.47. The van der Waals surface area contributed by atoms with Crippen molar-refractivity contribution in [1.29, 1.82) is 21.2 Å². The third-order valence-corrected chi connectivity index (χ3v) is 6.81. The van der Waals surface area contributed by atoms with Gasteiger partial charge in [-0.1, -0.05) is 39.0 Å². The smallest absolute Gasteiger partial charge is 0.189 e. The molecule has 3 rings (SSSR count). The van der Waals surface area contributed by atoms with E-state index in [1.807, 2.05) is 6.08 Å². The highest BCUT2D eigenvalue weighted by molar-refractivity contribution is 6.01. The zero-order chi connectivity index (χ0) is 22.3. The molecule has 30 heavy (non-hydrogen) atoms. The standard InChI is InChI=1S/C24H26N4O2/c1-23(2,3)14-8-9-15-17(10-14)20(16-6-5-7-19(30-4)21(16)29)24(12-26,13-27)22(28)18(15)11-25/h5-7,9,14,17-18,20,28-29H,8,10H2,1-4H3/t14-,17-,18?,20+/m1/s1. The lowest BCUT2D eigenvalue weighted by molar-refractivity contribution is 0.167. The molecule has 0 radical (unpaired) electrons. The Morgan fingerprint density at radius 1 is 1.20 bits per heavy atom. The third-order valence-electron chi connectivity index (χ3n) is 6.81. The first kappa shape index (κ1) is 21.4. The third kappa shape index (κ3) is 3.03. The van der Waals surface area contributed by atoms with Crippen molar-refractivity contribution in [3.05, 3.63) is 35.4 Å². The zero-order valence-electron chi connectivity index (χ0n) is 17.7. The highest BCUT2D eigenvalue weighted by Gasteiger charge is 2.58. The van der Waals surface area contributed by atoms with Gasteiger partial charge in [0.15, 0.2) is 16.9 Å². The lowest BCUT2D eigenvalue weighted by Crippen LogP contribution is -2.50. The van der Waals surface area contributed by atoms with Gasteiger partial charge in [-0.2, -0.15) is 15.8 Å². The van der Waals surface area contributed by atoms with Gasteiger partial charge >= 0.3 is 0 Å². The number of benzene rings is 1. The second kappa shape index (κ2) is 7.51. The highest BCUT2D eigenvalue weighted by atomic mass is 16.5. The van der Waals surface area contributed by atoms with Gasteiger partial charge in [0.25, 0.3) is 0 Å². The summed E-state index contributed by atoms with van der Waals surface area (Å²) in [6, 6.07) is 11.3. The first-order chi connectivity index (χ1) is 14.2. The van der Waals surface area contributed by atoms with Gasteiger partial charge in [0.05, 0.1) is 31.0 Å². The quantitative estimate of drug-likeness (QED) is 0.694. The molecule has 6 heteroatoms. The maximum Gasteiger partial charge on any atom is 0.189 e. The number of hydrogen-bond donors (Lipinski definition) is 2. The molecule has 0 bridgehead atoms. The van der Waals surface area contributed by atoms with Crippen molar-refractivity contribution in [2.75, 3.05) is 7.11 Å². The molecule has 2 N–H and O–H groups in total. The molecule has 0 spiro atoms. The number of phenolic OH excluding ortho intramolecular Hbond substituents is 1. The van der Waals surface area contributed by atoms with Crippen LogP contribution < -0.4 is 4.74 Å². The van der Waals surface area contributed by atoms with Crippen LogP contribution in [-0.4, -0.2) is 17.9 Å². The van der Waals surface area contributed by atoms with Crippen LogP contribution in [0.15, 0.2) is 29.8 Å². The summed E-state index contributed by atoms with van der Waals surface area (Å²) in [5.41, 5.74) is -0.858. The van der Waals surface area contributed by atoms with Gasteiger partial charge in [-0.05, 0) is 41.7 Å². The van der Waals surface area contributed by atoms with Crippen LogP contribution in [0.1, 0.15) is 45.1 Å². The van der Waals surface area contributed by atoms with Crippen LogP contribution in [0.4, 0.5) is 0 Å². The van der Waals surface area contributed by atoms with Crippen molar-refractivity contribution < 1.29 is 9.84 Å². The molecule has 1 aromatic carbocycles. The largest absolute Gasteiger partial charge is 0.504 e. The molecule has 1 fully saturated rings. The minimum atomic E-state index is -1.84. The summed E-state index contributed by atoms with van der Waals surface area (Å²) in [7, 11) is 1.44. The normalized spacial score (nSPS) is 27.6. The molecule has 0 aromatic heterocycles. The molecule has 0 saturated heterocycles. The summed E-state index contributed by atoms with van der Waals surface area (Å²) in [6.07, 6.45) is 3.48. The van der Waals surface area contributed by atoms with Gasteiger partial charge in [-0.25, -0.2) is 0 Å². The minimum Gasteiger partial charge on any atom is -0.504 e. The van der Waals surface area contributed by atoms with E-state index < -0.39 is 17.3 Å². The molecule has 1 saturated carbocycles. The Hall–Kier alpha value is -3.30. The number of allylic oxidation sites excluding steroid dienone is 2. The summed E-state index contributed by atoms with van der Waals surface area (Å²) < 4.78 is 5.26. The minimum absolute atomic E-state index is 0.00194. The number of nitrogens with zero attached hydrogens (tertiary/aromatic N) is 3. The Morgan fingerprint density at radius 2 is 1.87 bits per heavy atom. The van der Waals surface area contributed by atoms with Crippen LogP contribution >= 0.6 is 0 Å². The number of rotatable bonds is 2. The van der Waals surface area contributed by atoms with Crippen LogP contribution in [0.3, 0.4) is 0 Å². The molecule has 0 amide bonds. The molecule has 4 atom stereocenters. The molecular weight excluding hydrogens is 376 g/mol. The van der Waals surface area contributed by atoms with Gasteiger partial charge in [0, 0.05) is 11.5 Å². The van der Waals surface area contributed by atoms with Crippen molar-refractivity contribution in [3.8, 4) is 29.7 Å². The average molecular weight is 402 g/mol. The van der Waals surface area contributed by atoms with Gasteiger partial charge in [0.2, 0.25) is 0 Å². The molecule has 1 aromatic rings. The van der Waals surface area contributed by atoms with Gasteiger partial charge in [0.1, 0.15) is 5.92 Å². The Kier molecular flexibility index (Phi) is 5.36. The fourth-order valence-corrected chi connectivity index (χ4v) is 5.03. The van der Waals surface area contributed by atoms with Crippen molar-refractivity contribution >= 4 is 5.71 Å². The lowest BCUT2D eigenvalue weighted by atomic mass is 9.51. The monoisotopic (exact) mass is 402 g/mol. The van der Waals surface area contributed by atoms with E-state index >= 15 is 0 Å². The number of phenols is 1. The van der Waals surface area contributed by atoms with E-state index in [-0.39, 0.29) is 34.5 Å². The maximum absolute atomic E-state index is 10.9. The number of hydrogen-bond acceptors (Lipinski definition) is 6. The molecule has 2 aliphatic rings. The second-order valence-corrected chi connectivity index (χ2v) is 9.23. The number of aromatic hydroxyl groups is 1. The fraction of sp³-hybridized carbons (Fsp3) is 0.500. The van der Waals surface area contributed by atoms with Gasteiger partial charge in [-0.3, -0.25) is 0 Å². The molecule has 2 aliphatic carbocycles. The van der Waals surface area contributed by atoms with E-state index in [0.29, 0.717) is 12.0 Å². The number of ether oxygens (including phenoxy) is 1. The Balaban J connectivity index is 2.31. The number of nitriles is 3. The predicted molar refractivity (Wildman–Crippen MR) is 112 cm³/mol. The van der Waals surface area contributed by atoms with E-state index in [2.05, 4.69) is 39.0 Å². The van der Waals surface area contributed by atoms with Gasteiger partial charge < -0.3 is 15.3 Å². The van der Waals surface area contributed by atoms with E-state index in [0.717, 1.165) is 12.0 Å². The summed E-state index contributed by atoms with van der Waals surface area (Å²) in [5, 5.41) is 49.7. The SMILES string of the molecule is COc1cccc([C@H]2[C@@H]3C[C@H](C(C)(C)C)CC=C3C(C#N)C(=N)C2(C#N)C#N)c1O. The number of para-hydroxylation sites is 1. The average Bonchev–Trinajstić information content (AvgIpc) is 2.72. The molecule has 1 unspecified atom stereocenters. The van der Waals surface area contributed by atoms with Crippen LogP contribution in [0, 0.1) is 68.0 Å². The van der Waals surface area contributed by atoms with Crippen LogP contribution in [0.5, 0.6) is 11.5 Å². The second-order valence-electron chi connectivity index (χ2n) is 9.23. The Morgan fingerprint density at radius 3 is 2.40 bits per heavy atom. The van der Waals surface area contributed by atoms with Gasteiger partial charge in [-0.15, -0.1) is 0 Å². The molecule has 154 valence electrons. The van der Waals surface area contributed by atoms with Crippen molar-refractivity contribution in [3.63, 3.8) is 0 Å². The molecule has 0 heterocycles. The number of nitrogens with one attached hydrogen (secondary N) is 1. The van der Waals surface area contributed by atoms with Crippen LogP contribution in [0.25, 0.3) is 0 Å². The zero-order valence-corrected chi connectivity index (χ0v) is 17.7. The van der Waals surface area contributed by atoms with Crippen molar-refractivity contribution in [1.82, 2.24) is 0 Å². The Bertz CT molecular complexity index is 1020. The topological polar surface area (TPSA) is 125 Å². The summed E-state index contributed by atoms with van der Waals surface area (Å²) in [5.74, 6) is -1.57. The van der Waals surface area contributed by atoms with E-state index in [1.165, 1.54) is 7.11 Å². The molecular formula is C24H26N4O2. The van der Waals surface area contributed by atoms with Crippen molar-refractivity contribution in [2.24, 2.45) is 28.6 Å². The summed E-state index contributed by atoms with van der Waals surface area (Å²) >= 11 is 0. The lowest BCUT2D eigenvalue weighted by Gasteiger charge is -2.49. The van der Waals surface area contributed by atoms with Crippen LogP contribution in [-0.2, 0) is 0 Å². The summed E-state index contributed by atoms with van der Waals surface area (Å²) in [4.78, 5) is 0.